The molecule has 1 aromatic carbocycles. The monoisotopic (exact) mass is 280 g/mol. The Kier molecular flexibility index (Phi) is 3.18. The first kappa shape index (κ1) is 13.6. The number of nitrogens with one attached hydrogen (secondary N) is 2. The molecule has 0 radical (unpaired) electrons. The predicted molar refractivity (Wildman–Crippen MR) is 69.2 cm³/mol. The summed E-state index contributed by atoms with van der Waals surface area (Å²) in [5.41, 5.74) is 3.60. The number of hydrogen-bond acceptors (Lipinski definition) is 6. The molecule has 20 heavy (non-hydrogen) atoms. The number of hydrogen-bond donors (Lipinski definition) is 3. The SMILES string of the molecule is CC1(C)Oc2ccc([N+](=O)[O-])cc2N=C1NNC(=O)O. The highest BCUT2D eigenvalue weighted by molar-refractivity contribution is 5.95. The quantitative estimate of drug-likeness (QED) is 0.529. The Morgan fingerprint density at radius 1 is 1.50 bits per heavy atom. The standard InChI is InChI=1S/C11H12N4O5/c1-11(2)9(13-14-10(16)17)12-7-5-6(15(18)19)3-4-8(7)20-11/h3-5,14H,1-2H3,(H,12,13)(H,16,17). The van der Waals surface area contributed by atoms with E-state index in [1.165, 1.54) is 18.2 Å². The highest BCUT2D eigenvalue weighted by Crippen LogP contribution is 2.37. The summed E-state index contributed by atoms with van der Waals surface area (Å²) < 4.78 is 5.65. The molecule has 1 aliphatic rings. The molecule has 0 unspecified atom stereocenters. The number of rotatable bonds is 1. The van der Waals surface area contributed by atoms with Gasteiger partial charge in [0.2, 0.25) is 0 Å². The summed E-state index contributed by atoms with van der Waals surface area (Å²) >= 11 is 0. The number of amidine groups is 1. The van der Waals surface area contributed by atoms with Crippen LogP contribution in [-0.4, -0.2) is 27.6 Å². The zero-order valence-corrected chi connectivity index (χ0v) is 10.7. The predicted octanol–water partition coefficient (Wildman–Crippen LogP) is 1.57. The van der Waals surface area contributed by atoms with Crippen molar-refractivity contribution in [2.45, 2.75) is 19.4 Å². The highest BCUT2D eigenvalue weighted by atomic mass is 16.6. The molecule has 3 N–H and O–H groups in total. The molecule has 0 saturated heterocycles. The van der Waals surface area contributed by atoms with Crippen molar-refractivity contribution in [1.29, 1.82) is 0 Å². The van der Waals surface area contributed by atoms with Gasteiger partial charge in [0.25, 0.3) is 5.69 Å². The van der Waals surface area contributed by atoms with Crippen LogP contribution >= 0.6 is 0 Å². The molecule has 1 heterocycles. The molecule has 0 bridgehead atoms. The second-order valence-electron chi connectivity index (χ2n) is 4.54. The van der Waals surface area contributed by atoms with Crippen LogP contribution in [0.15, 0.2) is 23.2 Å². The van der Waals surface area contributed by atoms with E-state index in [1.807, 2.05) is 5.43 Å². The lowest BCUT2D eigenvalue weighted by Gasteiger charge is -2.32. The summed E-state index contributed by atoms with van der Waals surface area (Å²) in [6.45, 7) is 3.37. The number of benzene rings is 1. The number of aliphatic imine (C=N–C) groups is 1. The largest absolute Gasteiger partial charge is 0.478 e. The molecular weight excluding hydrogens is 268 g/mol. The van der Waals surface area contributed by atoms with E-state index in [9.17, 15) is 14.9 Å². The molecule has 1 aromatic rings. The van der Waals surface area contributed by atoms with Gasteiger partial charge in [-0.05, 0) is 19.9 Å². The molecule has 2 rings (SSSR count). The van der Waals surface area contributed by atoms with Crippen molar-refractivity contribution >= 4 is 23.3 Å². The van der Waals surface area contributed by atoms with Gasteiger partial charge in [0.05, 0.1) is 4.92 Å². The Morgan fingerprint density at radius 3 is 2.80 bits per heavy atom. The van der Waals surface area contributed by atoms with Crippen LogP contribution in [0.3, 0.4) is 0 Å². The minimum Gasteiger partial charge on any atom is -0.478 e. The zero-order valence-electron chi connectivity index (χ0n) is 10.7. The van der Waals surface area contributed by atoms with E-state index < -0.39 is 16.6 Å². The third kappa shape index (κ3) is 2.60. The first-order chi connectivity index (χ1) is 9.29. The van der Waals surface area contributed by atoms with E-state index in [4.69, 9.17) is 9.84 Å². The van der Waals surface area contributed by atoms with Crippen LogP contribution in [0.4, 0.5) is 16.2 Å². The number of non-ortho nitro benzene ring substituents is 1. The Balaban J connectivity index is 2.38. The summed E-state index contributed by atoms with van der Waals surface area (Å²) in [4.78, 5) is 24.8. The Morgan fingerprint density at radius 2 is 2.20 bits per heavy atom. The summed E-state index contributed by atoms with van der Waals surface area (Å²) in [5, 5.41) is 19.3. The van der Waals surface area contributed by atoms with Gasteiger partial charge in [-0.1, -0.05) is 0 Å². The maximum absolute atomic E-state index is 10.7. The van der Waals surface area contributed by atoms with Crippen molar-refractivity contribution in [2.24, 2.45) is 4.99 Å². The van der Waals surface area contributed by atoms with Crippen LogP contribution in [0.1, 0.15) is 13.8 Å². The van der Waals surface area contributed by atoms with Crippen molar-refractivity contribution in [3.8, 4) is 5.75 Å². The van der Waals surface area contributed by atoms with Crippen LogP contribution < -0.4 is 15.6 Å². The Hall–Kier alpha value is -2.84. The fourth-order valence-electron chi connectivity index (χ4n) is 1.66. The Labute approximate surface area is 113 Å². The van der Waals surface area contributed by atoms with E-state index in [-0.39, 0.29) is 17.2 Å². The summed E-state index contributed by atoms with van der Waals surface area (Å²) in [5.74, 6) is 0.592. The smallest absolute Gasteiger partial charge is 0.423 e. The minimum absolute atomic E-state index is 0.124. The Bertz CT molecular complexity index is 611. The lowest BCUT2D eigenvalue weighted by molar-refractivity contribution is -0.384. The highest BCUT2D eigenvalue weighted by Gasteiger charge is 2.33. The fourth-order valence-corrected chi connectivity index (χ4v) is 1.66. The van der Waals surface area contributed by atoms with Gasteiger partial charge < -0.3 is 9.84 Å². The number of ether oxygens (including phenoxy) is 1. The van der Waals surface area contributed by atoms with Crippen molar-refractivity contribution in [3.63, 3.8) is 0 Å². The fraction of sp³-hybridized carbons (Fsp3) is 0.273. The van der Waals surface area contributed by atoms with Gasteiger partial charge in [0.1, 0.15) is 11.4 Å². The minimum atomic E-state index is -1.28. The number of fused-ring (bicyclic) bond motifs is 1. The van der Waals surface area contributed by atoms with E-state index in [0.717, 1.165) is 0 Å². The molecule has 0 saturated carbocycles. The van der Waals surface area contributed by atoms with Gasteiger partial charge in [-0.15, -0.1) is 0 Å². The number of hydrazine groups is 1. The van der Waals surface area contributed by atoms with Crippen LogP contribution in [0, 0.1) is 10.1 Å². The lowest BCUT2D eigenvalue weighted by atomic mass is 10.1. The van der Waals surface area contributed by atoms with Gasteiger partial charge >= 0.3 is 6.09 Å². The molecule has 0 fully saturated rings. The van der Waals surface area contributed by atoms with Gasteiger partial charge in [-0.3, -0.25) is 15.5 Å². The summed E-state index contributed by atoms with van der Waals surface area (Å²) in [6.07, 6.45) is -1.28. The average Bonchev–Trinajstić information content (AvgIpc) is 2.34. The molecule has 106 valence electrons. The molecular formula is C11H12N4O5. The lowest BCUT2D eigenvalue weighted by Crippen LogP contribution is -2.53. The number of nitro benzene ring substituents is 1. The molecule has 9 heteroatoms. The summed E-state index contributed by atoms with van der Waals surface area (Å²) in [6, 6.07) is 4.03. The van der Waals surface area contributed by atoms with Gasteiger partial charge in [0, 0.05) is 12.1 Å². The van der Waals surface area contributed by atoms with Crippen LogP contribution in [0.5, 0.6) is 5.75 Å². The second-order valence-corrected chi connectivity index (χ2v) is 4.54. The number of nitrogens with zero attached hydrogens (tertiary/aromatic N) is 2. The number of carboxylic acid groups (broad SMARTS) is 1. The van der Waals surface area contributed by atoms with Crippen molar-refractivity contribution in [1.82, 2.24) is 10.9 Å². The number of nitro groups is 1. The molecule has 0 aliphatic carbocycles. The topological polar surface area (TPSA) is 126 Å². The van der Waals surface area contributed by atoms with Crippen LogP contribution in [0.25, 0.3) is 0 Å². The van der Waals surface area contributed by atoms with E-state index in [2.05, 4.69) is 10.4 Å². The van der Waals surface area contributed by atoms with Crippen LogP contribution in [-0.2, 0) is 0 Å². The number of amides is 1. The van der Waals surface area contributed by atoms with E-state index in [0.29, 0.717) is 5.75 Å². The molecule has 0 atom stereocenters. The molecule has 1 aliphatic heterocycles. The van der Waals surface area contributed by atoms with Gasteiger partial charge in [-0.25, -0.2) is 15.2 Å². The average molecular weight is 280 g/mol. The van der Waals surface area contributed by atoms with Crippen molar-refractivity contribution in [2.75, 3.05) is 0 Å². The van der Waals surface area contributed by atoms with Crippen molar-refractivity contribution in [3.05, 3.63) is 28.3 Å². The third-order valence-corrected chi connectivity index (χ3v) is 2.61. The summed E-state index contributed by atoms with van der Waals surface area (Å²) in [7, 11) is 0. The zero-order chi connectivity index (χ0) is 14.9. The normalized spacial score (nSPS) is 15.4. The van der Waals surface area contributed by atoms with Crippen LogP contribution in [0.2, 0.25) is 0 Å². The molecule has 0 aromatic heterocycles. The first-order valence-corrected chi connectivity index (χ1v) is 5.61. The maximum atomic E-state index is 10.7. The first-order valence-electron chi connectivity index (χ1n) is 5.61. The maximum Gasteiger partial charge on any atom is 0.423 e. The molecule has 0 spiro atoms. The second kappa shape index (κ2) is 4.68. The molecule has 1 amide bonds. The van der Waals surface area contributed by atoms with Gasteiger partial charge in [-0.2, -0.15) is 0 Å². The van der Waals surface area contributed by atoms with Gasteiger partial charge in [0.15, 0.2) is 11.4 Å². The van der Waals surface area contributed by atoms with Crippen molar-refractivity contribution < 1.29 is 19.6 Å². The molecule has 9 nitrogen and oxygen atoms in total. The van der Waals surface area contributed by atoms with E-state index in [1.54, 1.807) is 13.8 Å². The third-order valence-electron chi connectivity index (χ3n) is 2.61. The number of carbonyl (C=O) groups is 1. The van der Waals surface area contributed by atoms with E-state index >= 15 is 0 Å².